The van der Waals surface area contributed by atoms with Crippen LogP contribution in [-0.2, 0) is 16.6 Å². The third-order valence-corrected chi connectivity index (χ3v) is 6.90. The molecule has 3 aromatic carbocycles. The number of hydrogen-bond acceptors (Lipinski definition) is 5. The topological polar surface area (TPSA) is 98.0 Å². The van der Waals surface area contributed by atoms with Crippen LogP contribution >= 0.6 is 0 Å². The van der Waals surface area contributed by atoms with Crippen LogP contribution in [0.5, 0.6) is 0 Å². The number of fused-ring (bicyclic) bond motifs is 1. The second-order valence-corrected chi connectivity index (χ2v) is 10.5. The predicted octanol–water partition coefficient (Wildman–Crippen LogP) is 5.84. The maximum absolute atomic E-state index is 11.9. The van der Waals surface area contributed by atoms with Crippen LogP contribution in [0.15, 0.2) is 96.2 Å². The Morgan fingerprint density at radius 1 is 0.833 bits per heavy atom. The Morgan fingerprint density at radius 3 is 2.31 bits per heavy atom. The van der Waals surface area contributed by atoms with Crippen molar-refractivity contribution in [2.24, 2.45) is 5.14 Å². The van der Waals surface area contributed by atoms with Crippen molar-refractivity contribution in [1.29, 1.82) is 0 Å². The molecule has 0 saturated heterocycles. The van der Waals surface area contributed by atoms with Crippen molar-refractivity contribution in [3.8, 4) is 22.4 Å². The summed E-state index contributed by atoms with van der Waals surface area (Å²) >= 11 is 0. The van der Waals surface area contributed by atoms with Crippen LogP contribution in [0.3, 0.4) is 0 Å². The van der Waals surface area contributed by atoms with Crippen LogP contribution < -0.4 is 10.5 Å². The van der Waals surface area contributed by atoms with Gasteiger partial charge >= 0.3 is 0 Å². The van der Waals surface area contributed by atoms with E-state index in [4.69, 9.17) is 10.1 Å². The first-order valence-corrected chi connectivity index (χ1v) is 13.1. The molecular formula is C29H26N4O2S. The van der Waals surface area contributed by atoms with Crippen molar-refractivity contribution < 1.29 is 8.42 Å². The second-order valence-electron chi connectivity index (χ2n) is 8.93. The van der Waals surface area contributed by atoms with Crippen molar-refractivity contribution in [2.45, 2.75) is 25.3 Å². The maximum atomic E-state index is 11.9. The number of nitrogens with one attached hydrogen (secondary N) is 1. The van der Waals surface area contributed by atoms with Crippen molar-refractivity contribution in [3.63, 3.8) is 0 Å². The summed E-state index contributed by atoms with van der Waals surface area (Å²) in [6.45, 7) is 4.76. The number of benzene rings is 3. The highest BCUT2D eigenvalue weighted by atomic mass is 32.2. The SMILES string of the molecule is Cc1cc(C)cc(CNc2nc(-c3cncc(S(N)(=O)=O)c3)cc3cccc(-c4ccccc4)c23)c1. The zero-order valence-electron chi connectivity index (χ0n) is 20.1. The van der Waals surface area contributed by atoms with E-state index in [1.165, 1.54) is 23.4 Å². The largest absolute Gasteiger partial charge is 0.365 e. The molecule has 0 aliphatic rings. The Kier molecular flexibility index (Phi) is 6.26. The summed E-state index contributed by atoms with van der Waals surface area (Å²) < 4.78 is 23.8. The lowest BCUT2D eigenvalue weighted by Gasteiger charge is -2.16. The molecule has 0 aliphatic carbocycles. The van der Waals surface area contributed by atoms with Gasteiger partial charge in [-0.2, -0.15) is 0 Å². The van der Waals surface area contributed by atoms with Crippen molar-refractivity contribution in [2.75, 3.05) is 5.32 Å². The van der Waals surface area contributed by atoms with Gasteiger partial charge in [0.25, 0.3) is 0 Å². The smallest absolute Gasteiger partial charge is 0.239 e. The summed E-state index contributed by atoms with van der Waals surface area (Å²) in [7, 11) is -3.89. The number of pyridine rings is 2. The number of sulfonamides is 1. The van der Waals surface area contributed by atoms with Crippen LogP contribution in [0.1, 0.15) is 16.7 Å². The molecule has 5 aromatic rings. The van der Waals surface area contributed by atoms with Gasteiger partial charge in [-0.25, -0.2) is 18.5 Å². The number of rotatable bonds is 6. The molecule has 2 heterocycles. The van der Waals surface area contributed by atoms with E-state index >= 15 is 0 Å². The first-order valence-electron chi connectivity index (χ1n) is 11.6. The quantitative estimate of drug-likeness (QED) is 0.309. The van der Waals surface area contributed by atoms with Crippen molar-refractivity contribution >= 4 is 26.6 Å². The van der Waals surface area contributed by atoms with Crippen LogP contribution in [0, 0.1) is 13.8 Å². The third-order valence-electron chi connectivity index (χ3n) is 6.02. The first kappa shape index (κ1) is 23.7. The zero-order chi connectivity index (χ0) is 25.3. The predicted molar refractivity (Wildman–Crippen MR) is 145 cm³/mol. The standard InChI is InChI=1S/C29H26N4O2S/c1-19-11-20(2)13-21(12-19)16-32-29-28-23(9-6-10-26(28)22-7-4-3-5-8-22)15-27(33-29)24-14-25(18-31-17-24)36(30,34)35/h3-15,17-18H,16H2,1-2H3,(H,32,33)(H2,30,34,35). The molecule has 0 amide bonds. The Labute approximate surface area is 210 Å². The molecule has 0 unspecified atom stereocenters. The molecule has 2 aromatic heterocycles. The van der Waals surface area contributed by atoms with Crippen LogP contribution in [0.25, 0.3) is 33.2 Å². The average Bonchev–Trinajstić information content (AvgIpc) is 2.86. The number of aromatic nitrogens is 2. The number of primary sulfonamides is 1. The van der Waals surface area contributed by atoms with E-state index in [1.807, 2.05) is 36.4 Å². The summed E-state index contributed by atoms with van der Waals surface area (Å²) in [4.78, 5) is 9.00. The lowest BCUT2D eigenvalue weighted by atomic mass is 9.97. The number of anilines is 1. The van der Waals surface area contributed by atoms with Gasteiger partial charge in [0.15, 0.2) is 0 Å². The highest BCUT2D eigenvalue weighted by molar-refractivity contribution is 7.89. The van der Waals surface area contributed by atoms with Crippen LogP contribution in [0.2, 0.25) is 0 Å². The first-order chi connectivity index (χ1) is 17.3. The molecule has 0 atom stereocenters. The molecule has 180 valence electrons. The number of hydrogen-bond donors (Lipinski definition) is 2. The Hall–Kier alpha value is -4.07. The molecule has 6 nitrogen and oxygen atoms in total. The fraction of sp³-hybridized carbons (Fsp3) is 0.103. The summed E-state index contributed by atoms with van der Waals surface area (Å²) in [6.07, 6.45) is 2.84. The molecule has 36 heavy (non-hydrogen) atoms. The monoisotopic (exact) mass is 494 g/mol. The minimum Gasteiger partial charge on any atom is -0.365 e. The molecule has 0 aliphatic heterocycles. The van der Waals surface area contributed by atoms with Gasteiger partial charge in [0, 0.05) is 29.9 Å². The van der Waals surface area contributed by atoms with E-state index in [0.717, 1.165) is 27.5 Å². The van der Waals surface area contributed by atoms with Gasteiger partial charge in [-0.05, 0) is 48.1 Å². The molecule has 0 spiro atoms. The van der Waals surface area contributed by atoms with E-state index in [2.05, 4.69) is 60.5 Å². The van der Waals surface area contributed by atoms with Gasteiger partial charge in [-0.15, -0.1) is 0 Å². The summed E-state index contributed by atoms with van der Waals surface area (Å²) in [6, 6.07) is 26.2. The summed E-state index contributed by atoms with van der Waals surface area (Å²) in [5.41, 5.74) is 6.89. The maximum Gasteiger partial charge on any atom is 0.239 e. The summed E-state index contributed by atoms with van der Waals surface area (Å²) in [5, 5.41) is 10.9. The van der Waals surface area contributed by atoms with E-state index in [1.54, 1.807) is 6.20 Å². The Morgan fingerprint density at radius 2 is 1.58 bits per heavy atom. The van der Waals surface area contributed by atoms with Crippen LogP contribution in [-0.4, -0.2) is 18.4 Å². The van der Waals surface area contributed by atoms with Gasteiger partial charge in [0.1, 0.15) is 10.7 Å². The van der Waals surface area contributed by atoms with Gasteiger partial charge in [-0.3, -0.25) is 4.98 Å². The molecular weight excluding hydrogens is 468 g/mol. The minimum absolute atomic E-state index is 0.0512. The molecule has 0 radical (unpaired) electrons. The fourth-order valence-electron chi connectivity index (χ4n) is 4.52. The number of nitrogens with two attached hydrogens (primary N) is 1. The summed E-state index contributed by atoms with van der Waals surface area (Å²) in [5.74, 6) is 0.710. The minimum atomic E-state index is -3.89. The van der Waals surface area contributed by atoms with E-state index < -0.39 is 10.0 Å². The van der Waals surface area contributed by atoms with Crippen LogP contribution in [0.4, 0.5) is 5.82 Å². The Balaban J connectivity index is 1.68. The zero-order valence-corrected chi connectivity index (χ0v) is 20.9. The average molecular weight is 495 g/mol. The highest BCUT2D eigenvalue weighted by Gasteiger charge is 2.15. The normalized spacial score (nSPS) is 11.5. The second kappa shape index (κ2) is 9.53. The number of nitrogens with zero attached hydrogens (tertiary/aromatic N) is 2. The number of aryl methyl sites for hydroxylation is 2. The van der Waals surface area contributed by atoms with Crippen molar-refractivity contribution in [3.05, 3.63) is 108 Å². The fourth-order valence-corrected chi connectivity index (χ4v) is 5.02. The molecule has 0 fully saturated rings. The van der Waals surface area contributed by atoms with E-state index in [9.17, 15) is 8.42 Å². The van der Waals surface area contributed by atoms with Gasteiger partial charge in [0.2, 0.25) is 10.0 Å². The molecule has 0 saturated carbocycles. The lowest BCUT2D eigenvalue weighted by Crippen LogP contribution is -2.12. The molecule has 3 N–H and O–H groups in total. The Bertz CT molecular complexity index is 1660. The van der Waals surface area contributed by atoms with Gasteiger partial charge in [-0.1, -0.05) is 77.9 Å². The van der Waals surface area contributed by atoms with Crippen molar-refractivity contribution in [1.82, 2.24) is 9.97 Å². The van der Waals surface area contributed by atoms with Gasteiger partial charge < -0.3 is 5.32 Å². The highest BCUT2D eigenvalue weighted by Crippen LogP contribution is 2.36. The van der Waals surface area contributed by atoms with E-state index in [0.29, 0.717) is 23.6 Å². The molecule has 0 bridgehead atoms. The molecule has 7 heteroatoms. The molecule has 5 rings (SSSR count). The van der Waals surface area contributed by atoms with E-state index in [-0.39, 0.29) is 4.90 Å². The third kappa shape index (κ3) is 4.98. The lowest BCUT2D eigenvalue weighted by molar-refractivity contribution is 0.597. The van der Waals surface area contributed by atoms with Gasteiger partial charge in [0.05, 0.1) is 5.69 Å².